The minimum Gasteiger partial charge on any atom is -0.350 e. The largest absolute Gasteiger partial charge is 0.350 e. The van der Waals surface area contributed by atoms with E-state index >= 15 is 0 Å². The normalized spacial score (nSPS) is 17.0. The highest BCUT2D eigenvalue weighted by atomic mass is 19.1. The number of nitrogens with one attached hydrogen (secondary N) is 2. The van der Waals surface area contributed by atoms with Crippen LogP contribution in [-0.4, -0.2) is 33.5 Å². The Kier molecular flexibility index (Phi) is 4.08. The first-order chi connectivity index (χ1) is 12.6. The van der Waals surface area contributed by atoms with Crippen molar-refractivity contribution in [3.8, 4) is 0 Å². The molecular weight excluding hydrogens is 337 g/mol. The zero-order valence-electron chi connectivity index (χ0n) is 13.8. The molecule has 1 aliphatic rings. The van der Waals surface area contributed by atoms with Crippen LogP contribution in [0.2, 0.25) is 0 Å². The molecule has 1 saturated heterocycles. The summed E-state index contributed by atoms with van der Waals surface area (Å²) < 4.78 is 14.1. The average molecular weight is 353 g/mol. The van der Waals surface area contributed by atoms with Gasteiger partial charge in [-0.3, -0.25) is 24.6 Å². The Bertz CT molecular complexity index is 972. The molecule has 8 heteroatoms. The van der Waals surface area contributed by atoms with Crippen LogP contribution >= 0.6 is 0 Å². The third kappa shape index (κ3) is 2.90. The lowest BCUT2D eigenvalue weighted by atomic mass is 10.1. The fourth-order valence-corrected chi connectivity index (χ4v) is 3.12. The molecule has 1 atom stereocenters. The lowest BCUT2D eigenvalue weighted by Gasteiger charge is -2.14. The number of carbonyl (C=O) groups is 2. The van der Waals surface area contributed by atoms with Crippen LogP contribution in [0.1, 0.15) is 12.1 Å². The van der Waals surface area contributed by atoms with Crippen molar-refractivity contribution < 1.29 is 14.0 Å². The van der Waals surface area contributed by atoms with Gasteiger partial charge in [-0.05, 0) is 24.3 Å². The maximum absolute atomic E-state index is 14.1. The van der Waals surface area contributed by atoms with Crippen LogP contribution in [0.3, 0.4) is 0 Å². The van der Waals surface area contributed by atoms with Crippen molar-refractivity contribution in [1.29, 1.82) is 0 Å². The van der Waals surface area contributed by atoms with Crippen LogP contribution in [0, 0.1) is 11.7 Å². The topological polar surface area (TPSA) is 91.0 Å². The highest BCUT2D eigenvalue weighted by molar-refractivity contribution is 6.05. The lowest BCUT2D eigenvalue weighted by molar-refractivity contribution is -0.126. The van der Waals surface area contributed by atoms with Crippen molar-refractivity contribution >= 4 is 28.5 Å². The first-order valence-corrected chi connectivity index (χ1v) is 8.24. The number of aromatic amines is 1. The zero-order valence-corrected chi connectivity index (χ0v) is 13.8. The van der Waals surface area contributed by atoms with Gasteiger partial charge in [0.1, 0.15) is 5.82 Å². The van der Waals surface area contributed by atoms with Gasteiger partial charge in [-0.1, -0.05) is 12.1 Å². The molecule has 4 rings (SSSR count). The van der Waals surface area contributed by atoms with Crippen molar-refractivity contribution in [2.75, 3.05) is 11.4 Å². The Balaban J connectivity index is 1.49. The van der Waals surface area contributed by atoms with Crippen LogP contribution < -0.4 is 10.2 Å². The summed E-state index contributed by atoms with van der Waals surface area (Å²) in [4.78, 5) is 30.3. The van der Waals surface area contributed by atoms with Gasteiger partial charge in [-0.15, -0.1) is 0 Å². The molecule has 1 fully saturated rings. The van der Waals surface area contributed by atoms with E-state index in [4.69, 9.17) is 0 Å². The maximum Gasteiger partial charge on any atom is 0.229 e. The van der Waals surface area contributed by atoms with Crippen molar-refractivity contribution in [1.82, 2.24) is 20.5 Å². The van der Waals surface area contributed by atoms with Crippen LogP contribution in [0.4, 0.5) is 10.2 Å². The first kappa shape index (κ1) is 16.2. The zero-order chi connectivity index (χ0) is 18.1. The van der Waals surface area contributed by atoms with E-state index in [2.05, 4.69) is 20.5 Å². The lowest BCUT2D eigenvalue weighted by Crippen LogP contribution is -2.33. The van der Waals surface area contributed by atoms with Crippen LogP contribution in [0.5, 0.6) is 0 Å². The van der Waals surface area contributed by atoms with Gasteiger partial charge < -0.3 is 5.32 Å². The Morgan fingerprint density at radius 2 is 2.19 bits per heavy atom. The third-order valence-corrected chi connectivity index (χ3v) is 4.44. The number of fused-ring (bicyclic) bond motifs is 1. The van der Waals surface area contributed by atoms with Gasteiger partial charge in [-0.2, -0.15) is 5.10 Å². The SMILES string of the molecule is O=C(NCc1ccccn1)[C@@H]1CC(=O)N(c2n[nH]c3cccc(F)c23)C1. The molecule has 0 aliphatic carbocycles. The summed E-state index contributed by atoms with van der Waals surface area (Å²) in [6.45, 7) is 0.464. The van der Waals surface area contributed by atoms with Crippen molar-refractivity contribution in [2.24, 2.45) is 5.92 Å². The van der Waals surface area contributed by atoms with Gasteiger partial charge in [-0.25, -0.2) is 4.39 Å². The summed E-state index contributed by atoms with van der Waals surface area (Å²) in [6.07, 6.45) is 1.72. The maximum atomic E-state index is 14.1. The van der Waals surface area contributed by atoms with Crippen molar-refractivity contribution in [3.63, 3.8) is 0 Å². The average Bonchev–Trinajstić information content (AvgIpc) is 3.25. The summed E-state index contributed by atoms with van der Waals surface area (Å²) in [7, 11) is 0. The van der Waals surface area contributed by atoms with E-state index in [0.29, 0.717) is 12.1 Å². The van der Waals surface area contributed by atoms with Gasteiger partial charge in [0.15, 0.2) is 5.82 Å². The van der Waals surface area contributed by atoms with Gasteiger partial charge >= 0.3 is 0 Å². The highest BCUT2D eigenvalue weighted by Crippen LogP contribution is 2.31. The molecule has 0 unspecified atom stereocenters. The summed E-state index contributed by atoms with van der Waals surface area (Å²) in [5.41, 5.74) is 1.25. The molecule has 1 aliphatic heterocycles. The number of halogens is 1. The number of pyridine rings is 1. The van der Waals surface area contributed by atoms with E-state index in [1.54, 1.807) is 24.4 Å². The molecule has 3 aromatic rings. The molecule has 2 aromatic heterocycles. The van der Waals surface area contributed by atoms with Gasteiger partial charge in [0, 0.05) is 19.2 Å². The highest BCUT2D eigenvalue weighted by Gasteiger charge is 2.37. The van der Waals surface area contributed by atoms with Gasteiger partial charge in [0.2, 0.25) is 11.8 Å². The van der Waals surface area contributed by atoms with Crippen molar-refractivity contribution in [2.45, 2.75) is 13.0 Å². The molecular formula is C18H16FN5O2. The number of aromatic nitrogens is 3. The van der Waals surface area contributed by atoms with Crippen LogP contribution in [-0.2, 0) is 16.1 Å². The Morgan fingerprint density at radius 3 is 3.00 bits per heavy atom. The summed E-state index contributed by atoms with van der Waals surface area (Å²) in [6, 6.07) is 10.0. The number of anilines is 1. The van der Waals surface area contributed by atoms with Gasteiger partial charge in [0.25, 0.3) is 0 Å². The van der Waals surface area contributed by atoms with Gasteiger partial charge in [0.05, 0.1) is 29.1 Å². The fourth-order valence-electron chi connectivity index (χ4n) is 3.12. The minimum absolute atomic E-state index is 0.0663. The molecule has 7 nitrogen and oxygen atoms in total. The molecule has 132 valence electrons. The van der Waals surface area contributed by atoms with Crippen molar-refractivity contribution in [3.05, 3.63) is 54.1 Å². The molecule has 2 N–H and O–H groups in total. The summed E-state index contributed by atoms with van der Waals surface area (Å²) >= 11 is 0. The second-order valence-corrected chi connectivity index (χ2v) is 6.15. The molecule has 1 aromatic carbocycles. The number of rotatable bonds is 4. The standard InChI is InChI=1S/C18H16FN5O2/c19-13-5-3-6-14-16(13)17(23-22-14)24-10-11(8-15(24)25)18(26)21-9-12-4-1-2-7-20-12/h1-7,11H,8-10H2,(H,21,26)(H,22,23)/t11-/m1/s1. The number of amides is 2. The summed E-state index contributed by atoms with van der Waals surface area (Å²) in [5.74, 6) is -1.22. The summed E-state index contributed by atoms with van der Waals surface area (Å²) in [5, 5.41) is 9.85. The second-order valence-electron chi connectivity index (χ2n) is 6.15. The Hall–Kier alpha value is -3.29. The second kappa shape index (κ2) is 6.55. The minimum atomic E-state index is -0.510. The van der Waals surface area contributed by atoms with E-state index in [-0.39, 0.29) is 36.0 Å². The van der Waals surface area contributed by atoms with E-state index in [9.17, 15) is 14.0 Å². The van der Waals surface area contributed by atoms with E-state index in [1.807, 2.05) is 12.1 Å². The number of benzene rings is 1. The quantitative estimate of drug-likeness (QED) is 0.748. The Morgan fingerprint density at radius 1 is 1.31 bits per heavy atom. The molecule has 2 amide bonds. The predicted octanol–water partition coefficient (Wildman–Crippen LogP) is 1.77. The fraction of sp³-hybridized carbons (Fsp3) is 0.222. The number of hydrogen-bond acceptors (Lipinski definition) is 4. The number of carbonyl (C=O) groups excluding carboxylic acids is 2. The number of hydrogen-bond donors (Lipinski definition) is 2. The predicted molar refractivity (Wildman–Crippen MR) is 92.6 cm³/mol. The number of nitrogens with zero attached hydrogens (tertiary/aromatic N) is 3. The van der Waals surface area contributed by atoms with Crippen LogP contribution in [0.15, 0.2) is 42.6 Å². The molecule has 0 spiro atoms. The molecule has 0 bridgehead atoms. The molecule has 0 saturated carbocycles. The molecule has 0 radical (unpaired) electrons. The first-order valence-electron chi connectivity index (χ1n) is 8.24. The smallest absolute Gasteiger partial charge is 0.229 e. The monoisotopic (exact) mass is 353 g/mol. The Labute approximate surface area is 148 Å². The third-order valence-electron chi connectivity index (χ3n) is 4.44. The van der Waals surface area contributed by atoms with Crippen LogP contribution in [0.25, 0.3) is 10.9 Å². The number of H-pyrrole nitrogens is 1. The molecule has 26 heavy (non-hydrogen) atoms. The van der Waals surface area contributed by atoms with E-state index < -0.39 is 11.7 Å². The van der Waals surface area contributed by atoms with E-state index in [0.717, 1.165) is 5.69 Å². The van der Waals surface area contributed by atoms with E-state index in [1.165, 1.54) is 11.0 Å². The molecule has 3 heterocycles.